The van der Waals surface area contributed by atoms with Gasteiger partial charge in [-0.05, 0) is 57.5 Å². The van der Waals surface area contributed by atoms with Crippen LogP contribution < -0.4 is 0 Å². The van der Waals surface area contributed by atoms with Crippen LogP contribution in [0.25, 0.3) is 33.4 Å². The molecule has 0 atom stereocenters. The number of hydrogen-bond acceptors (Lipinski definition) is 2. The summed E-state index contributed by atoms with van der Waals surface area (Å²) in [7, 11) is 0. The molecule has 0 saturated heterocycles. The fraction of sp³-hybridized carbons (Fsp3) is 0.103. The molecule has 0 amide bonds. The second-order valence-electron chi connectivity index (χ2n) is 7.88. The molecule has 4 aromatic rings. The molecule has 0 aliphatic heterocycles. The Hall–Kier alpha value is -4.18. The maximum absolute atomic E-state index is 12.1. The normalized spacial score (nSPS) is 10.7. The third-order valence-electron chi connectivity index (χ3n) is 5.70. The SMILES string of the molecule is CCCc1cc(-c2ccccc2)c(-c2ccccc2C(=O)O)c(-c2ccccc2C(=O)O)c1. The third-order valence-corrected chi connectivity index (χ3v) is 5.70. The summed E-state index contributed by atoms with van der Waals surface area (Å²) in [6.45, 7) is 2.10. The number of carboxylic acid groups (broad SMARTS) is 2. The standard InChI is InChI=1S/C29H24O4/c1-2-10-19-17-25(20-11-4-3-5-12-20)27(22-14-7-9-16-24(22)29(32)33)26(18-19)21-13-6-8-15-23(21)28(30)31/h3-9,11-18H,2,10H2,1H3,(H,30,31)(H,32,33). The van der Waals surface area contributed by atoms with Gasteiger partial charge in [0.1, 0.15) is 0 Å². The van der Waals surface area contributed by atoms with E-state index in [1.165, 1.54) is 0 Å². The Morgan fingerprint density at radius 3 is 1.76 bits per heavy atom. The molecular weight excluding hydrogens is 412 g/mol. The number of rotatable bonds is 7. The molecule has 0 spiro atoms. The van der Waals surface area contributed by atoms with E-state index < -0.39 is 11.9 Å². The van der Waals surface area contributed by atoms with E-state index in [1.54, 1.807) is 36.4 Å². The Balaban J connectivity index is 2.18. The molecule has 4 heteroatoms. The lowest BCUT2D eigenvalue weighted by atomic mass is 9.82. The molecular formula is C29H24O4. The number of benzene rings is 4. The lowest BCUT2D eigenvalue weighted by Gasteiger charge is -2.21. The van der Waals surface area contributed by atoms with E-state index in [-0.39, 0.29) is 11.1 Å². The number of hydrogen-bond donors (Lipinski definition) is 2. The number of aryl methyl sites for hydroxylation is 1. The zero-order chi connectivity index (χ0) is 23.4. The van der Waals surface area contributed by atoms with E-state index in [4.69, 9.17) is 0 Å². The Morgan fingerprint density at radius 1 is 0.636 bits per heavy atom. The van der Waals surface area contributed by atoms with E-state index in [9.17, 15) is 19.8 Å². The molecule has 0 heterocycles. The summed E-state index contributed by atoms with van der Waals surface area (Å²) in [6.07, 6.45) is 1.75. The maximum Gasteiger partial charge on any atom is 0.336 e. The zero-order valence-corrected chi connectivity index (χ0v) is 18.3. The van der Waals surface area contributed by atoms with Crippen LogP contribution in [-0.2, 0) is 6.42 Å². The fourth-order valence-electron chi connectivity index (χ4n) is 4.27. The lowest BCUT2D eigenvalue weighted by Crippen LogP contribution is -2.04. The molecule has 0 aliphatic carbocycles. The first-order chi connectivity index (χ1) is 16.0. The second kappa shape index (κ2) is 9.53. The van der Waals surface area contributed by atoms with Gasteiger partial charge in [0, 0.05) is 0 Å². The van der Waals surface area contributed by atoms with E-state index >= 15 is 0 Å². The van der Waals surface area contributed by atoms with Crippen molar-refractivity contribution in [1.29, 1.82) is 0 Å². The Kier molecular flexibility index (Phi) is 6.36. The van der Waals surface area contributed by atoms with Crippen molar-refractivity contribution in [3.8, 4) is 33.4 Å². The molecule has 0 fully saturated rings. The summed E-state index contributed by atoms with van der Waals surface area (Å²) < 4.78 is 0. The average molecular weight is 437 g/mol. The van der Waals surface area contributed by atoms with Crippen molar-refractivity contribution in [2.45, 2.75) is 19.8 Å². The fourth-order valence-corrected chi connectivity index (χ4v) is 4.27. The first kappa shape index (κ1) is 22.0. The highest BCUT2D eigenvalue weighted by Gasteiger charge is 2.22. The first-order valence-corrected chi connectivity index (χ1v) is 10.9. The van der Waals surface area contributed by atoms with Crippen molar-refractivity contribution in [2.75, 3.05) is 0 Å². The molecule has 0 unspecified atom stereocenters. The van der Waals surface area contributed by atoms with Gasteiger partial charge in [0.25, 0.3) is 0 Å². The van der Waals surface area contributed by atoms with Gasteiger partial charge < -0.3 is 10.2 Å². The van der Waals surface area contributed by atoms with Crippen molar-refractivity contribution in [3.05, 3.63) is 108 Å². The molecule has 4 rings (SSSR count). The third kappa shape index (κ3) is 4.41. The Labute approximate surface area is 192 Å². The van der Waals surface area contributed by atoms with Crippen molar-refractivity contribution >= 4 is 11.9 Å². The summed E-state index contributed by atoms with van der Waals surface area (Å²) >= 11 is 0. The van der Waals surface area contributed by atoms with Crippen molar-refractivity contribution in [3.63, 3.8) is 0 Å². The Morgan fingerprint density at radius 2 is 1.15 bits per heavy atom. The van der Waals surface area contributed by atoms with Gasteiger partial charge in [-0.3, -0.25) is 0 Å². The molecule has 0 bridgehead atoms. The second-order valence-corrected chi connectivity index (χ2v) is 7.88. The van der Waals surface area contributed by atoms with Crippen LogP contribution in [0.2, 0.25) is 0 Å². The number of aromatic carboxylic acids is 2. The Bertz CT molecular complexity index is 1320. The molecule has 0 aromatic heterocycles. The zero-order valence-electron chi connectivity index (χ0n) is 18.3. The quantitative estimate of drug-likeness (QED) is 0.326. The van der Waals surface area contributed by atoms with Crippen LogP contribution in [0.3, 0.4) is 0 Å². The molecule has 0 saturated carbocycles. The lowest BCUT2D eigenvalue weighted by molar-refractivity contribution is 0.0686. The van der Waals surface area contributed by atoms with Gasteiger partial charge in [-0.15, -0.1) is 0 Å². The van der Waals surface area contributed by atoms with Crippen LogP contribution in [0.5, 0.6) is 0 Å². The van der Waals surface area contributed by atoms with Crippen LogP contribution in [0.1, 0.15) is 39.6 Å². The molecule has 4 nitrogen and oxygen atoms in total. The van der Waals surface area contributed by atoms with Crippen LogP contribution in [-0.4, -0.2) is 22.2 Å². The number of carbonyl (C=O) groups is 2. The minimum atomic E-state index is -1.03. The minimum absolute atomic E-state index is 0.173. The van der Waals surface area contributed by atoms with Gasteiger partial charge in [-0.1, -0.05) is 92.2 Å². The molecule has 4 aromatic carbocycles. The summed E-state index contributed by atoms with van der Waals surface area (Å²) in [5, 5.41) is 19.8. The maximum atomic E-state index is 12.1. The highest BCUT2D eigenvalue weighted by atomic mass is 16.4. The van der Waals surface area contributed by atoms with E-state index in [2.05, 4.69) is 13.0 Å². The van der Waals surface area contributed by atoms with Gasteiger partial charge in [-0.2, -0.15) is 0 Å². The van der Waals surface area contributed by atoms with E-state index in [0.717, 1.165) is 29.5 Å². The van der Waals surface area contributed by atoms with Crippen molar-refractivity contribution in [1.82, 2.24) is 0 Å². The van der Waals surface area contributed by atoms with Crippen LogP contribution in [0.4, 0.5) is 0 Å². The number of carboxylic acids is 2. The largest absolute Gasteiger partial charge is 0.478 e. The molecule has 33 heavy (non-hydrogen) atoms. The van der Waals surface area contributed by atoms with Gasteiger partial charge in [0.2, 0.25) is 0 Å². The van der Waals surface area contributed by atoms with E-state index in [1.807, 2.05) is 48.5 Å². The highest BCUT2D eigenvalue weighted by molar-refractivity contribution is 6.06. The van der Waals surface area contributed by atoms with Crippen LogP contribution in [0.15, 0.2) is 91.0 Å². The summed E-state index contributed by atoms with van der Waals surface area (Å²) in [4.78, 5) is 24.2. The molecule has 164 valence electrons. The van der Waals surface area contributed by atoms with Crippen LogP contribution >= 0.6 is 0 Å². The molecule has 0 aliphatic rings. The highest BCUT2D eigenvalue weighted by Crippen LogP contribution is 2.43. The van der Waals surface area contributed by atoms with Gasteiger partial charge in [0.15, 0.2) is 0 Å². The molecule has 0 radical (unpaired) electrons. The van der Waals surface area contributed by atoms with Crippen molar-refractivity contribution in [2.24, 2.45) is 0 Å². The predicted octanol–water partition coefficient (Wildman–Crippen LogP) is 7.04. The van der Waals surface area contributed by atoms with Gasteiger partial charge in [-0.25, -0.2) is 9.59 Å². The smallest absolute Gasteiger partial charge is 0.336 e. The monoisotopic (exact) mass is 436 g/mol. The van der Waals surface area contributed by atoms with E-state index in [0.29, 0.717) is 22.3 Å². The summed E-state index contributed by atoms with van der Waals surface area (Å²) in [5.74, 6) is -2.05. The first-order valence-electron chi connectivity index (χ1n) is 10.9. The van der Waals surface area contributed by atoms with Crippen LogP contribution in [0, 0.1) is 0 Å². The van der Waals surface area contributed by atoms with Gasteiger partial charge >= 0.3 is 11.9 Å². The molecule has 2 N–H and O–H groups in total. The predicted molar refractivity (Wildman–Crippen MR) is 131 cm³/mol. The summed E-state index contributed by atoms with van der Waals surface area (Å²) in [6, 6.07) is 27.7. The van der Waals surface area contributed by atoms with Gasteiger partial charge in [0.05, 0.1) is 11.1 Å². The summed E-state index contributed by atoms with van der Waals surface area (Å²) in [5.41, 5.74) is 5.80. The minimum Gasteiger partial charge on any atom is -0.478 e. The van der Waals surface area contributed by atoms with Crippen molar-refractivity contribution < 1.29 is 19.8 Å². The average Bonchev–Trinajstić information content (AvgIpc) is 2.84. The topological polar surface area (TPSA) is 74.6 Å².